The molecular weight excluding hydrogens is 324 g/mol. The highest BCUT2D eigenvalue weighted by Gasteiger charge is 2.17. The fourth-order valence-electron chi connectivity index (χ4n) is 3.01. The number of methoxy groups -OCH3 is 1. The first-order valence-electron chi connectivity index (χ1n) is 8.35. The van der Waals surface area contributed by atoms with Gasteiger partial charge in [-0.05, 0) is 30.3 Å². The largest absolute Gasteiger partial charge is 0.507 e. The molecule has 3 aromatic carbocycles. The Hall–Kier alpha value is -3.53. The number of benzene rings is 3. The van der Waals surface area contributed by atoms with Crippen LogP contribution < -0.4 is 4.74 Å². The topological polar surface area (TPSA) is 47.3 Å². The molecule has 4 aromatic rings. The van der Waals surface area contributed by atoms with Gasteiger partial charge < -0.3 is 9.84 Å². The van der Waals surface area contributed by atoms with E-state index in [0.717, 1.165) is 22.7 Å². The normalized spacial score (nSPS) is 10.7. The first-order valence-corrected chi connectivity index (χ1v) is 8.35. The van der Waals surface area contributed by atoms with Crippen molar-refractivity contribution in [3.8, 4) is 39.7 Å². The third-order valence-corrected chi connectivity index (χ3v) is 4.27. The highest BCUT2D eigenvalue weighted by molar-refractivity contribution is 5.74. The van der Waals surface area contributed by atoms with Crippen LogP contribution in [0.5, 0.6) is 11.5 Å². The number of hydrogen-bond acceptors (Lipinski definition) is 3. The highest BCUT2D eigenvalue weighted by atomic mass is 16.5. The molecule has 4 nitrogen and oxygen atoms in total. The number of para-hydroxylation sites is 3. The summed E-state index contributed by atoms with van der Waals surface area (Å²) in [5.74, 6) is 0.938. The second kappa shape index (κ2) is 6.76. The van der Waals surface area contributed by atoms with Gasteiger partial charge in [-0.2, -0.15) is 5.10 Å². The molecule has 4 rings (SSSR count). The summed E-state index contributed by atoms with van der Waals surface area (Å²) < 4.78 is 7.38. The van der Waals surface area contributed by atoms with Crippen molar-refractivity contribution in [3.63, 3.8) is 0 Å². The van der Waals surface area contributed by atoms with Crippen molar-refractivity contribution in [2.24, 2.45) is 0 Å². The molecule has 0 unspecified atom stereocenters. The Morgan fingerprint density at radius 1 is 0.846 bits per heavy atom. The number of nitrogens with zero attached hydrogens (tertiary/aromatic N) is 2. The van der Waals surface area contributed by atoms with Crippen LogP contribution in [0.1, 0.15) is 0 Å². The lowest BCUT2D eigenvalue weighted by Gasteiger charge is -2.11. The van der Waals surface area contributed by atoms with Gasteiger partial charge in [0, 0.05) is 11.1 Å². The van der Waals surface area contributed by atoms with Gasteiger partial charge in [-0.3, -0.25) is 0 Å². The predicted octanol–water partition coefficient (Wildman–Crippen LogP) is 4.92. The molecule has 26 heavy (non-hydrogen) atoms. The Kier molecular flexibility index (Phi) is 4.15. The molecule has 0 aliphatic rings. The van der Waals surface area contributed by atoms with Crippen LogP contribution in [-0.4, -0.2) is 22.0 Å². The Morgan fingerprint density at radius 2 is 1.54 bits per heavy atom. The van der Waals surface area contributed by atoms with E-state index in [0.29, 0.717) is 11.3 Å². The molecule has 1 aromatic heterocycles. The lowest BCUT2D eigenvalue weighted by atomic mass is 10.1. The summed E-state index contributed by atoms with van der Waals surface area (Å²) in [6.07, 6.45) is 0. The van der Waals surface area contributed by atoms with Gasteiger partial charge in [0.2, 0.25) is 0 Å². The number of aromatic nitrogens is 2. The van der Waals surface area contributed by atoms with E-state index < -0.39 is 0 Å². The zero-order chi connectivity index (χ0) is 17.9. The van der Waals surface area contributed by atoms with Gasteiger partial charge in [0.1, 0.15) is 17.2 Å². The van der Waals surface area contributed by atoms with Crippen LogP contribution in [-0.2, 0) is 0 Å². The Balaban J connectivity index is 1.96. The van der Waals surface area contributed by atoms with Gasteiger partial charge in [0.05, 0.1) is 18.5 Å². The molecule has 0 aliphatic heterocycles. The van der Waals surface area contributed by atoms with E-state index in [9.17, 15) is 5.11 Å². The van der Waals surface area contributed by atoms with E-state index in [2.05, 4.69) is 0 Å². The molecule has 1 heterocycles. The summed E-state index contributed by atoms with van der Waals surface area (Å²) in [5.41, 5.74) is 4.20. The SMILES string of the molecule is COc1ccccc1-n1nc(-c2ccccc2O)cc1-c1ccccc1. The molecule has 0 saturated carbocycles. The van der Waals surface area contributed by atoms with Crippen LogP contribution in [0.4, 0.5) is 0 Å². The number of aromatic hydroxyl groups is 1. The predicted molar refractivity (Wildman–Crippen MR) is 103 cm³/mol. The van der Waals surface area contributed by atoms with Crippen molar-refractivity contribution in [1.82, 2.24) is 9.78 Å². The number of rotatable bonds is 4. The van der Waals surface area contributed by atoms with Crippen LogP contribution in [0.2, 0.25) is 0 Å². The Bertz CT molecular complexity index is 1040. The zero-order valence-electron chi connectivity index (χ0n) is 14.3. The van der Waals surface area contributed by atoms with Crippen molar-refractivity contribution in [2.45, 2.75) is 0 Å². The van der Waals surface area contributed by atoms with E-state index in [1.165, 1.54) is 0 Å². The van der Waals surface area contributed by atoms with E-state index >= 15 is 0 Å². The van der Waals surface area contributed by atoms with Crippen LogP contribution in [0.25, 0.3) is 28.2 Å². The van der Waals surface area contributed by atoms with Crippen molar-refractivity contribution >= 4 is 0 Å². The summed E-state index contributed by atoms with van der Waals surface area (Å²) in [6, 6.07) is 27.0. The quantitative estimate of drug-likeness (QED) is 0.572. The van der Waals surface area contributed by atoms with Crippen LogP contribution in [0.3, 0.4) is 0 Å². The van der Waals surface area contributed by atoms with E-state index in [4.69, 9.17) is 9.84 Å². The van der Waals surface area contributed by atoms with E-state index in [-0.39, 0.29) is 5.75 Å². The third kappa shape index (κ3) is 2.82. The monoisotopic (exact) mass is 342 g/mol. The fourth-order valence-corrected chi connectivity index (χ4v) is 3.01. The van der Waals surface area contributed by atoms with Crippen LogP contribution >= 0.6 is 0 Å². The van der Waals surface area contributed by atoms with E-state index in [1.54, 1.807) is 19.2 Å². The van der Waals surface area contributed by atoms with Crippen molar-refractivity contribution in [1.29, 1.82) is 0 Å². The van der Waals surface area contributed by atoms with Gasteiger partial charge in [0.25, 0.3) is 0 Å². The number of phenolic OH excluding ortho intramolecular Hbond substituents is 1. The lowest BCUT2D eigenvalue weighted by Crippen LogP contribution is -2.01. The fraction of sp³-hybridized carbons (Fsp3) is 0.0455. The molecular formula is C22H18N2O2. The van der Waals surface area contributed by atoms with Gasteiger partial charge in [0.15, 0.2) is 0 Å². The molecule has 128 valence electrons. The van der Waals surface area contributed by atoms with Crippen LogP contribution in [0.15, 0.2) is 84.9 Å². The van der Waals surface area contributed by atoms with Crippen molar-refractivity contribution in [2.75, 3.05) is 7.11 Å². The van der Waals surface area contributed by atoms with Gasteiger partial charge in [-0.25, -0.2) is 4.68 Å². The Labute approximate surface area is 151 Å². The zero-order valence-corrected chi connectivity index (χ0v) is 14.3. The van der Waals surface area contributed by atoms with Gasteiger partial charge >= 0.3 is 0 Å². The molecule has 0 aliphatic carbocycles. The maximum absolute atomic E-state index is 10.2. The minimum absolute atomic E-state index is 0.205. The minimum Gasteiger partial charge on any atom is -0.507 e. The molecule has 0 spiro atoms. The maximum Gasteiger partial charge on any atom is 0.144 e. The molecule has 1 N–H and O–H groups in total. The third-order valence-electron chi connectivity index (χ3n) is 4.27. The average molecular weight is 342 g/mol. The Morgan fingerprint density at radius 3 is 2.31 bits per heavy atom. The smallest absolute Gasteiger partial charge is 0.144 e. The average Bonchev–Trinajstić information content (AvgIpc) is 3.14. The summed E-state index contributed by atoms with van der Waals surface area (Å²) in [7, 11) is 1.65. The molecule has 4 heteroatoms. The number of phenols is 1. The highest BCUT2D eigenvalue weighted by Crippen LogP contribution is 2.34. The first-order chi connectivity index (χ1) is 12.8. The van der Waals surface area contributed by atoms with Crippen molar-refractivity contribution < 1.29 is 9.84 Å². The summed E-state index contributed by atoms with van der Waals surface area (Å²) >= 11 is 0. The number of hydrogen-bond donors (Lipinski definition) is 1. The van der Waals surface area contributed by atoms with Gasteiger partial charge in [-0.1, -0.05) is 54.6 Å². The van der Waals surface area contributed by atoms with Crippen molar-refractivity contribution in [3.05, 3.63) is 84.9 Å². The molecule has 0 atom stereocenters. The maximum atomic E-state index is 10.2. The standard InChI is InChI=1S/C22H18N2O2/c1-26-22-14-8-6-12-19(22)24-20(16-9-3-2-4-10-16)15-18(23-24)17-11-5-7-13-21(17)25/h2-15,25H,1H3. The van der Waals surface area contributed by atoms with Gasteiger partial charge in [-0.15, -0.1) is 0 Å². The minimum atomic E-state index is 0.205. The lowest BCUT2D eigenvalue weighted by molar-refractivity contribution is 0.412. The molecule has 0 bridgehead atoms. The summed E-state index contributed by atoms with van der Waals surface area (Å²) in [6.45, 7) is 0. The second-order valence-electron chi connectivity index (χ2n) is 5.88. The molecule has 0 fully saturated rings. The summed E-state index contributed by atoms with van der Waals surface area (Å²) in [5, 5.41) is 15.0. The second-order valence-corrected chi connectivity index (χ2v) is 5.88. The molecule has 0 amide bonds. The first kappa shape index (κ1) is 16.0. The van der Waals surface area contributed by atoms with Crippen LogP contribution in [0, 0.1) is 0 Å². The van der Waals surface area contributed by atoms with E-state index in [1.807, 2.05) is 77.5 Å². The molecule has 0 radical (unpaired) electrons. The number of ether oxygens (including phenoxy) is 1. The summed E-state index contributed by atoms with van der Waals surface area (Å²) in [4.78, 5) is 0. The molecule has 0 saturated heterocycles.